The summed E-state index contributed by atoms with van der Waals surface area (Å²) in [5, 5.41) is 8.67. The molecule has 2 heterocycles. The topological polar surface area (TPSA) is 49.3 Å². The highest BCUT2D eigenvalue weighted by molar-refractivity contribution is 14.0. The van der Waals surface area contributed by atoms with E-state index in [1.165, 1.54) is 4.88 Å². The number of aromatic nitrogens is 1. The molecule has 22 heavy (non-hydrogen) atoms. The minimum Gasteiger partial charge on any atom is -0.357 e. The molecule has 0 saturated carbocycles. The van der Waals surface area contributed by atoms with Crippen LogP contribution in [0.2, 0.25) is 0 Å². The molecule has 0 saturated heterocycles. The molecular weight excluding hydrogens is 475 g/mol. The second-order valence-corrected chi connectivity index (χ2v) is 6.34. The van der Waals surface area contributed by atoms with Gasteiger partial charge in [-0.1, -0.05) is 6.07 Å². The fraction of sp³-hybridized carbons (Fsp3) is 0.333. The van der Waals surface area contributed by atoms with E-state index < -0.39 is 0 Å². The van der Waals surface area contributed by atoms with Crippen LogP contribution >= 0.6 is 51.2 Å². The van der Waals surface area contributed by atoms with Crippen LogP contribution in [0.4, 0.5) is 0 Å². The molecule has 0 aliphatic carbocycles. The molecule has 4 nitrogen and oxygen atoms in total. The Balaban J connectivity index is 0.00000242. The Labute approximate surface area is 161 Å². The minimum atomic E-state index is 0. The largest absolute Gasteiger partial charge is 0.357 e. The second kappa shape index (κ2) is 11.0. The molecule has 0 spiro atoms. The molecule has 0 bridgehead atoms. The van der Waals surface area contributed by atoms with Gasteiger partial charge in [-0.25, -0.2) is 4.99 Å². The van der Waals surface area contributed by atoms with Crippen LogP contribution in [0.3, 0.4) is 0 Å². The summed E-state index contributed by atoms with van der Waals surface area (Å²) in [4.78, 5) is 10.1. The predicted molar refractivity (Wildman–Crippen MR) is 108 cm³/mol. The highest BCUT2D eigenvalue weighted by atomic mass is 127. The third-order valence-electron chi connectivity index (χ3n) is 2.76. The van der Waals surface area contributed by atoms with Gasteiger partial charge in [0, 0.05) is 46.1 Å². The third kappa shape index (κ3) is 7.06. The molecule has 0 radical (unpaired) electrons. The molecule has 0 aliphatic rings. The van der Waals surface area contributed by atoms with Gasteiger partial charge in [-0.15, -0.1) is 35.3 Å². The van der Waals surface area contributed by atoms with Gasteiger partial charge in [0.2, 0.25) is 0 Å². The normalized spacial score (nSPS) is 10.9. The molecule has 2 aromatic rings. The van der Waals surface area contributed by atoms with E-state index in [-0.39, 0.29) is 24.0 Å². The van der Waals surface area contributed by atoms with E-state index in [1.54, 1.807) is 11.3 Å². The van der Waals surface area contributed by atoms with Crippen LogP contribution < -0.4 is 10.6 Å². The number of nitrogens with zero attached hydrogens (tertiary/aromatic N) is 2. The maximum atomic E-state index is 4.59. The van der Waals surface area contributed by atoms with Gasteiger partial charge in [-0.05, 0) is 41.1 Å². The Kier molecular flexibility index (Phi) is 9.65. The van der Waals surface area contributed by atoms with Crippen molar-refractivity contribution < 1.29 is 0 Å². The SMILES string of the molecule is CCNC(=NCc1cc(Br)cs1)NCCc1ccccn1.I. The summed E-state index contributed by atoms with van der Waals surface area (Å²) in [5.74, 6) is 0.845. The first-order valence-corrected chi connectivity index (χ1v) is 8.60. The Morgan fingerprint density at radius 1 is 1.36 bits per heavy atom. The number of hydrogen-bond donors (Lipinski definition) is 2. The molecule has 120 valence electrons. The number of rotatable bonds is 6. The summed E-state index contributed by atoms with van der Waals surface area (Å²) >= 11 is 5.17. The number of guanidine groups is 1. The quantitative estimate of drug-likeness (QED) is 0.364. The summed E-state index contributed by atoms with van der Waals surface area (Å²) in [5.41, 5.74) is 1.09. The van der Waals surface area contributed by atoms with E-state index >= 15 is 0 Å². The molecule has 7 heteroatoms. The lowest BCUT2D eigenvalue weighted by Crippen LogP contribution is -2.38. The standard InChI is InChI=1S/C15H19BrN4S.HI/c1-2-17-15(20-10-14-9-12(16)11-21-14)19-8-6-13-5-3-4-7-18-13;/h3-5,7,9,11H,2,6,8,10H2,1H3,(H2,17,19,20);1H. The third-order valence-corrected chi connectivity index (χ3v) is 4.44. The lowest BCUT2D eigenvalue weighted by atomic mass is 10.3. The maximum absolute atomic E-state index is 4.59. The predicted octanol–water partition coefficient (Wildman–Crippen LogP) is 3.82. The number of pyridine rings is 1. The van der Waals surface area contributed by atoms with Crippen molar-refractivity contribution in [1.82, 2.24) is 15.6 Å². The van der Waals surface area contributed by atoms with Crippen LogP contribution in [-0.4, -0.2) is 24.0 Å². The molecular formula is C15H20BrIN4S. The van der Waals surface area contributed by atoms with Gasteiger partial charge in [0.15, 0.2) is 5.96 Å². The number of thiophene rings is 1. The maximum Gasteiger partial charge on any atom is 0.191 e. The van der Waals surface area contributed by atoms with Crippen molar-refractivity contribution in [2.45, 2.75) is 19.9 Å². The monoisotopic (exact) mass is 494 g/mol. The van der Waals surface area contributed by atoms with Gasteiger partial charge in [-0.3, -0.25) is 4.98 Å². The smallest absolute Gasteiger partial charge is 0.191 e. The van der Waals surface area contributed by atoms with Crippen molar-refractivity contribution in [3.63, 3.8) is 0 Å². The van der Waals surface area contributed by atoms with Crippen molar-refractivity contribution in [2.24, 2.45) is 4.99 Å². The Hall–Kier alpha value is -0.670. The van der Waals surface area contributed by atoms with Crippen molar-refractivity contribution in [3.8, 4) is 0 Å². The lowest BCUT2D eigenvalue weighted by Gasteiger charge is -2.10. The van der Waals surface area contributed by atoms with E-state index in [1.807, 2.05) is 24.4 Å². The highest BCUT2D eigenvalue weighted by Crippen LogP contribution is 2.20. The van der Waals surface area contributed by atoms with Crippen LogP contribution in [0.25, 0.3) is 0 Å². The average molecular weight is 495 g/mol. The number of nitrogens with one attached hydrogen (secondary N) is 2. The van der Waals surface area contributed by atoms with Gasteiger partial charge in [0.05, 0.1) is 6.54 Å². The summed E-state index contributed by atoms with van der Waals surface area (Å²) in [6.45, 7) is 4.42. The first kappa shape index (κ1) is 19.4. The molecule has 0 atom stereocenters. The van der Waals surface area contributed by atoms with Gasteiger partial charge in [-0.2, -0.15) is 0 Å². The molecule has 0 unspecified atom stereocenters. The van der Waals surface area contributed by atoms with Gasteiger partial charge in [0.1, 0.15) is 0 Å². The van der Waals surface area contributed by atoms with Crippen molar-refractivity contribution in [3.05, 3.63) is 50.9 Å². The molecule has 0 aliphatic heterocycles. The van der Waals surface area contributed by atoms with Crippen molar-refractivity contribution >= 4 is 57.2 Å². The van der Waals surface area contributed by atoms with E-state index in [9.17, 15) is 0 Å². The Bertz CT molecular complexity index is 574. The molecule has 0 amide bonds. The number of hydrogen-bond acceptors (Lipinski definition) is 3. The van der Waals surface area contributed by atoms with Crippen LogP contribution in [0.5, 0.6) is 0 Å². The second-order valence-electron chi connectivity index (χ2n) is 4.42. The first-order valence-electron chi connectivity index (χ1n) is 6.93. The van der Waals surface area contributed by atoms with Gasteiger partial charge < -0.3 is 10.6 Å². The molecule has 0 aromatic carbocycles. The fourth-order valence-corrected chi connectivity index (χ4v) is 3.16. The van der Waals surface area contributed by atoms with E-state index in [0.29, 0.717) is 6.54 Å². The van der Waals surface area contributed by atoms with Crippen molar-refractivity contribution in [2.75, 3.05) is 13.1 Å². The average Bonchev–Trinajstić information content (AvgIpc) is 2.91. The van der Waals surface area contributed by atoms with Crippen LogP contribution in [0.1, 0.15) is 17.5 Å². The van der Waals surface area contributed by atoms with Crippen LogP contribution in [0.15, 0.2) is 45.3 Å². The molecule has 2 rings (SSSR count). The molecule has 2 aromatic heterocycles. The van der Waals surface area contributed by atoms with E-state index in [0.717, 1.165) is 35.6 Å². The number of halogens is 2. The van der Waals surface area contributed by atoms with Crippen LogP contribution in [-0.2, 0) is 13.0 Å². The van der Waals surface area contributed by atoms with E-state index in [4.69, 9.17) is 0 Å². The Morgan fingerprint density at radius 2 is 2.23 bits per heavy atom. The highest BCUT2D eigenvalue weighted by Gasteiger charge is 2.00. The zero-order valence-corrected chi connectivity index (χ0v) is 17.1. The summed E-state index contributed by atoms with van der Waals surface area (Å²) in [7, 11) is 0. The summed E-state index contributed by atoms with van der Waals surface area (Å²) < 4.78 is 1.12. The zero-order chi connectivity index (χ0) is 14.9. The van der Waals surface area contributed by atoms with Gasteiger partial charge >= 0.3 is 0 Å². The summed E-state index contributed by atoms with van der Waals surface area (Å²) in [6, 6.07) is 8.08. The van der Waals surface area contributed by atoms with E-state index in [2.05, 4.69) is 54.9 Å². The first-order chi connectivity index (χ1) is 10.3. The zero-order valence-electron chi connectivity index (χ0n) is 12.4. The molecule has 2 N–H and O–H groups in total. The fourth-order valence-electron chi connectivity index (χ4n) is 1.79. The van der Waals surface area contributed by atoms with Crippen LogP contribution in [0, 0.1) is 0 Å². The van der Waals surface area contributed by atoms with Gasteiger partial charge in [0.25, 0.3) is 0 Å². The number of aliphatic imine (C=N–C) groups is 1. The molecule has 0 fully saturated rings. The van der Waals surface area contributed by atoms with Crippen molar-refractivity contribution in [1.29, 1.82) is 0 Å². The summed E-state index contributed by atoms with van der Waals surface area (Å²) in [6.07, 6.45) is 2.71. The lowest BCUT2D eigenvalue weighted by molar-refractivity contribution is 0.789. The Morgan fingerprint density at radius 3 is 2.86 bits per heavy atom. The minimum absolute atomic E-state index is 0.